The first-order valence-electron chi connectivity index (χ1n) is 7.88. The minimum absolute atomic E-state index is 0.203. The first kappa shape index (κ1) is 15.1. The van der Waals surface area contributed by atoms with Crippen LogP contribution in [0.1, 0.15) is 46.1 Å². The van der Waals surface area contributed by atoms with Crippen LogP contribution < -0.4 is 0 Å². The van der Waals surface area contributed by atoms with E-state index in [2.05, 4.69) is 27.7 Å². The van der Waals surface area contributed by atoms with Crippen molar-refractivity contribution in [2.45, 2.75) is 63.7 Å². The zero-order valence-corrected chi connectivity index (χ0v) is 13.4. The smallest absolute Gasteiger partial charge is 0.403 e. The minimum Gasteiger partial charge on any atom is -0.403 e. The van der Waals surface area contributed by atoms with E-state index >= 15 is 0 Å². The van der Waals surface area contributed by atoms with Gasteiger partial charge in [0.1, 0.15) is 0 Å². The molecule has 114 valence electrons. The van der Waals surface area contributed by atoms with Crippen molar-refractivity contribution in [1.82, 2.24) is 0 Å². The standard InChI is InChI=1S/C17H25BO3/c1-15(2)16(3,4)21-18(20-15)12-14-10-11-17(14,19)13-8-6-5-7-9-13/h5-9,14,19H,10-12H2,1-4H3/t14-,17+/m0/s1. The second kappa shape index (κ2) is 4.84. The maximum Gasteiger partial charge on any atom is 0.458 e. The molecule has 0 aromatic heterocycles. The maximum atomic E-state index is 11.0. The topological polar surface area (TPSA) is 38.7 Å². The number of hydrogen-bond acceptors (Lipinski definition) is 3. The zero-order valence-electron chi connectivity index (χ0n) is 13.4. The lowest BCUT2D eigenvalue weighted by Gasteiger charge is -2.46. The van der Waals surface area contributed by atoms with Gasteiger partial charge in [0.25, 0.3) is 0 Å². The highest BCUT2D eigenvalue weighted by atomic mass is 16.7. The lowest BCUT2D eigenvalue weighted by molar-refractivity contribution is -0.0951. The van der Waals surface area contributed by atoms with Gasteiger partial charge in [-0.15, -0.1) is 0 Å². The van der Waals surface area contributed by atoms with E-state index in [1.807, 2.05) is 30.3 Å². The van der Waals surface area contributed by atoms with Crippen molar-refractivity contribution in [3.63, 3.8) is 0 Å². The zero-order chi connectivity index (χ0) is 15.3. The summed E-state index contributed by atoms with van der Waals surface area (Å²) in [6, 6.07) is 9.97. The van der Waals surface area contributed by atoms with Gasteiger partial charge >= 0.3 is 7.12 Å². The van der Waals surface area contributed by atoms with Gasteiger partial charge in [0.15, 0.2) is 0 Å². The van der Waals surface area contributed by atoms with Crippen LogP contribution in [0.3, 0.4) is 0 Å². The van der Waals surface area contributed by atoms with Crippen molar-refractivity contribution in [2.75, 3.05) is 0 Å². The largest absolute Gasteiger partial charge is 0.458 e. The van der Waals surface area contributed by atoms with Gasteiger partial charge in [0, 0.05) is 0 Å². The number of hydrogen-bond donors (Lipinski definition) is 1. The first-order valence-corrected chi connectivity index (χ1v) is 7.88. The quantitative estimate of drug-likeness (QED) is 0.867. The summed E-state index contributed by atoms with van der Waals surface area (Å²) in [6.07, 6.45) is 2.59. The van der Waals surface area contributed by atoms with Crippen LogP contribution in [0.2, 0.25) is 6.32 Å². The van der Waals surface area contributed by atoms with Crippen molar-refractivity contribution in [1.29, 1.82) is 0 Å². The molecule has 0 spiro atoms. The van der Waals surface area contributed by atoms with E-state index in [1.54, 1.807) is 0 Å². The van der Waals surface area contributed by atoms with Crippen LogP contribution in [0, 0.1) is 5.92 Å². The summed E-state index contributed by atoms with van der Waals surface area (Å²) in [4.78, 5) is 0. The van der Waals surface area contributed by atoms with Gasteiger partial charge in [-0.1, -0.05) is 30.3 Å². The Hall–Kier alpha value is -0.835. The van der Waals surface area contributed by atoms with Gasteiger partial charge in [-0.25, -0.2) is 0 Å². The first-order chi connectivity index (χ1) is 9.75. The molecule has 3 rings (SSSR count). The molecule has 1 aliphatic heterocycles. The van der Waals surface area contributed by atoms with Crippen LogP contribution in [0.5, 0.6) is 0 Å². The molecule has 1 N–H and O–H groups in total. The van der Waals surface area contributed by atoms with Crippen molar-refractivity contribution >= 4 is 7.12 Å². The molecule has 3 nitrogen and oxygen atoms in total. The minimum atomic E-state index is -0.717. The third kappa shape index (κ3) is 2.43. The third-order valence-electron chi connectivity index (χ3n) is 5.60. The average molecular weight is 288 g/mol. The fourth-order valence-electron chi connectivity index (χ4n) is 3.34. The molecule has 1 heterocycles. The highest BCUT2D eigenvalue weighted by Gasteiger charge is 2.55. The van der Waals surface area contributed by atoms with Gasteiger partial charge in [0.2, 0.25) is 0 Å². The maximum absolute atomic E-state index is 11.0. The number of aliphatic hydroxyl groups is 1. The highest BCUT2D eigenvalue weighted by Crippen LogP contribution is 2.50. The fraction of sp³-hybridized carbons (Fsp3) is 0.647. The number of benzene rings is 1. The van der Waals surface area contributed by atoms with E-state index in [0.717, 1.165) is 24.7 Å². The van der Waals surface area contributed by atoms with Crippen molar-refractivity contribution in [3.8, 4) is 0 Å². The second-order valence-electron chi connectivity index (χ2n) is 7.45. The van der Waals surface area contributed by atoms with E-state index in [1.165, 1.54) is 0 Å². The van der Waals surface area contributed by atoms with E-state index in [9.17, 15) is 5.11 Å². The SMILES string of the molecule is CC1(C)OB(C[C@@H]2CC[C@@]2(O)c2ccccc2)OC1(C)C. The molecular formula is C17H25BO3. The van der Waals surface area contributed by atoms with E-state index in [-0.39, 0.29) is 24.2 Å². The monoisotopic (exact) mass is 288 g/mol. The molecule has 4 heteroatoms. The summed E-state index contributed by atoms with van der Waals surface area (Å²) < 4.78 is 12.1. The lowest BCUT2D eigenvalue weighted by atomic mass is 9.58. The van der Waals surface area contributed by atoms with E-state index < -0.39 is 5.60 Å². The van der Waals surface area contributed by atoms with Gasteiger partial charge in [-0.2, -0.15) is 0 Å². The molecule has 1 saturated carbocycles. The molecule has 2 atom stereocenters. The predicted octanol–water partition coefficient (Wildman–Crippen LogP) is 3.38. The molecule has 21 heavy (non-hydrogen) atoms. The normalized spacial score (nSPS) is 33.8. The molecule has 0 amide bonds. The van der Waals surface area contributed by atoms with Gasteiger partial charge < -0.3 is 14.4 Å². The molecule has 2 aliphatic rings. The Labute approximate surface area is 127 Å². The molecule has 2 fully saturated rings. The Balaban J connectivity index is 1.70. The Kier molecular flexibility index (Phi) is 3.47. The molecule has 0 unspecified atom stereocenters. The predicted molar refractivity (Wildman–Crippen MR) is 84.0 cm³/mol. The Morgan fingerprint density at radius 1 is 1.10 bits per heavy atom. The van der Waals surface area contributed by atoms with Gasteiger partial charge in [-0.05, 0) is 58.3 Å². The summed E-state index contributed by atoms with van der Waals surface area (Å²) in [5.74, 6) is 0.203. The van der Waals surface area contributed by atoms with Gasteiger partial charge in [0.05, 0.1) is 16.8 Å². The summed E-state index contributed by atoms with van der Waals surface area (Å²) >= 11 is 0. The molecule has 1 saturated heterocycles. The average Bonchev–Trinajstić information content (AvgIpc) is 2.63. The van der Waals surface area contributed by atoms with Crippen LogP contribution in [0.25, 0.3) is 0 Å². The van der Waals surface area contributed by atoms with Crippen molar-refractivity contribution < 1.29 is 14.4 Å². The molecular weight excluding hydrogens is 263 g/mol. The Morgan fingerprint density at radius 3 is 2.14 bits per heavy atom. The summed E-state index contributed by atoms with van der Waals surface area (Å²) in [5.41, 5.74) is -0.304. The van der Waals surface area contributed by atoms with Gasteiger partial charge in [-0.3, -0.25) is 0 Å². The van der Waals surface area contributed by atoms with Crippen LogP contribution in [-0.2, 0) is 14.9 Å². The Bertz CT molecular complexity index is 498. The van der Waals surface area contributed by atoms with E-state index in [4.69, 9.17) is 9.31 Å². The van der Waals surface area contributed by atoms with Crippen LogP contribution in [0.15, 0.2) is 30.3 Å². The Morgan fingerprint density at radius 2 is 1.67 bits per heavy atom. The molecule has 0 radical (unpaired) electrons. The van der Waals surface area contributed by atoms with Crippen LogP contribution in [-0.4, -0.2) is 23.4 Å². The van der Waals surface area contributed by atoms with Crippen LogP contribution in [0.4, 0.5) is 0 Å². The fourth-order valence-corrected chi connectivity index (χ4v) is 3.34. The summed E-state index contributed by atoms with van der Waals surface area (Å²) in [5, 5.41) is 11.0. The lowest BCUT2D eigenvalue weighted by Crippen LogP contribution is -2.46. The second-order valence-corrected chi connectivity index (χ2v) is 7.45. The van der Waals surface area contributed by atoms with Crippen LogP contribution >= 0.6 is 0 Å². The highest BCUT2D eigenvalue weighted by molar-refractivity contribution is 6.45. The van der Waals surface area contributed by atoms with Crippen molar-refractivity contribution in [3.05, 3.63) is 35.9 Å². The summed E-state index contributed by atoms with van der Waals surface area (Å²) in [6.45, 7) is 8.27. The number of rotatable bonds is 3. The molecule has 1 aromatic rings. The van der Waals surface area contributed by atoms with Crippen molar-refractivity contribution in [2.24, 2.45) is 5.92 Å². The molecule has 1 aromatic carbocycles. The molecule has 1 aliphatic carbocycles. The van der Waals surface area contributed by atoms with E-state index in [0.29, 0.717) is 0 Å². The third-order valence-corrected chi connectivity index (χ3v) is 5.60. The summed E-state index contributed by atoms with van der Waals surface area (Å²) in [7, 11) is -0.226. The molecule has 0 bridgehead atoms.